The number of aryl methyl sites for hydroxylation is 4. The summed E-state index contributed by atoms with van der Waals surface area (Å²) in [7, 11) is 1.83. The summed E-state index contributed by atoms with van der Waals surface area (Å²) in [5.41, 5.74) is 0.880. The van der Waals surface area contributed by atoms with Gasteiger partial charge >= 0.3 is 6.09 Å². The number of anilines is 3. The molecular weight excluding hydrogens is 342 g/mol. The molecule has 0 aliphatic heterocycles. The number of amides is 1. The molecule has 1 amide bonds. The standard InChI is InChI=1S/C15H17N7O2S/c1-8-7-12(22(4)21-8)20-14-13(18-10(3)25-14)24-15(23)19-11-5-6-16-9(2)17-11/h5-7,20H,1-4H3,(H,16,17,19,23). The molecule has 2 N–H and O–H groups in total. The zero-order chi connectivity index (χ0) is 18.0. The summed E-state index contributed by atoms with van der Waals surface area (Å²) in [5, 5.41) is 11.4. The molecule has 25 heavy (non-hydrogen) atoms. The van der Waals surface area contributed by atoms with Gasteiger partial charge in [0, 0.05) is 19.3 Å². The minimum Gasteiger partial charge on any atom is -0.388 e. The van der Waals surface area contributed by atoms with Crippen molar-refractivity contribution < 1.29 is 9.53 Å². The molecule has 0 bridgehead atoms. The summed E-state index contributed by atoms with van der Waals surface area (Å²) in [6.07, 6.45) is 0.885. The number of nitrogens with zero attached hydrogens (tertiary/aromatic N) is 5. The van der Waals surface area contributed by atoms with Gasteiger partial charge in [-0.2, -0.15) is 5.10 Å². The van der Waals surface area contributed by atoms with Gasteiger partial charge in [0.25, 0.3) is 5.88 Å². The maximum Gasteiger partial charge on any atom is 0.419 e. The molecule has 9 nitrogen and oxygen atoms in total. The van der Waals surface area contributed by atoms with E-state index in [1.165, 1.54) is 11.3 Å². The fraction of sp³-hybridized carbons (Fsp3) is 0.267. The van der Waals surface area contributed by atoms with E-state index in [1.54, 1.807) is 23.9 Å². The highest BCUT2D eigenvalue weighted by Crippen LogP contribution is 2.33. The first-order valence-corrected chi connectivity index (χ1v) is 8.26. The Morgan fingerprint density at radius 3 is 2.76 bits per heavy atom. The number of nitrogens with one attached hydrogen (secondary N) is 2. The van der Waals surface area contributed by atoms with E-state index < -0.39 is 6.09 Å². The summed E-state index contributed by atoms with van der Waals surface area (Å²) in [6, 6.07) is 3.47. The van der Waals surface area contributed by atoms with Crippen LogP contribution < -0.4 is 15.4 Å². The third-order valence-corrected chi connectivity index (χ3v) is 4.01. The van der Waals surface area contributed by atoms with Crippen molar-refractivity contribution in [3.05, 3.63) is 34.9 Å². The van der Waals surface area contributed by atoms with Crippen LogP contribution in [-0.2, 0) is 7.05 Å². The fourth-order valence-electron chi connectivity index (χ4n) is 2.14. The largest absolute Gasteiger partial charge is 0.419 e. The molecule has 0 radical (unpaired) electrons. The summed E-state index contributed by atoms with van der Waals surface area (Å²) < 4.78 is 7.03. The second-order valence-electron chi connectivity index (χ2n) is 5.29. The fourth-order valence-corrected chi connectivity index (χ4v) is 2.90. The Balaban J connectivity index is 1.74. The number of hydrogen-bond acceptors (Lipinski definition) is 8. The first kappa shape index (κ1) is 16.8. The minimum atomic E-state index is -0.673. The number of ether oxygens (including phenoxy) is 1. The van der Waals surface area contributed by atoms with Crippen LogP contribution in [-0.4, -0.2) is 30.8 Å². The lowest BCUT2D eigenvalue weighted by atomic mass is 10.5. The molecular formula is C15H17N7O2S. The summed E-state index contributed by atoms with van der Waals surface area (Å²) in [6.45, 7) is 5.47. The molecule has 0 unspecified atom stereocenters. The molecule has 0 saturated carbocycles. The Bertz CT molecular complexity index is 918. The number of carbonyl (C=O) groups is 1. The lowest BCUT2D eigenvalue weighted by molar-refractivity contribution is 0.213. The van der Waals surface area contributed by atoms with Gasteiger partial charge < -0.3 is 10.1 Å². The van der Waals surface area contributed by atoms with Gasteiger partial charge in [0.2, 0.25) is 0 Å². The highest BCUT2D eigenvalue weighted by Gasteiger charge is 2.17. The van der Waals surface area contributed by atoms with Gasteiger partial charge in [-0.3, -0.25) is 10.00 Å². The van der Waals surface area contributed by atoms with Gasteiger partial charge in [-0.25, -0.2) is 19.7 Å². The van der Waals surface area contributed by atoms with Gasteiger partial charge in [0.05, 0.1) is 10.7 Å². The maximum absolute atomic E-state index is 12.1. The van der Waals surface area contributed by atoms with Gasteiger partial charge in [0.1, 0.15) is 17.5 Å². The van der Waals surface area contributed by atoms with Crippen LogP contribution in [0.1, 0.15) is 16.5 Å². The van der Waals surface area contributed by atoms with Crippen LogP contribution in [0, 0.1) is 20.8 Å². The number of carbonyl (C=O) groups excluding carboxylic acids is 1. The van der Waals surface area contributed by atoms with E-state index in [4.69, 9.17) is 4.74 Å². The molecule has 10 heteroatoms. The summed E-state index contributed by atoms with van der Waals surface area (Å²) in [4.78, 5) is 24.4. The van der Waals surface area contributed by atoms with Crippen LogP contribution >= 0.6 is 11.3 Å². The molecule has 0 aliphatic carbocycles. The van der Waals surface area contributed by atoms with Gasteiger partial charge in [-0.15, -0.1) is 0 Å². The van der Waals surface area contributed by atoms with Crippen molar-refractivity contribution in [3.63, 3.8) is 0 Å². The normalized spacial score (nSPS) is 10.6. The van der Waals surface area contributed by atoms with Crippen LogP contribution in [0.15, 0.2) is 18.3 Å². The SMILES string of the molecule is Cc1cc(Nc2sc(C)nc2OC(=O)Nc2ccnc(C)n2)n(C)n1. The third kappa shape index (κ3) is 4.10. The molecule has 3 aromatic rings. The van der Waals surface area contributed by atoms with Crippen molar-refractivity contribution in [2.75, 3.05) is 10.6 Å². The lowest BCUT2D eigenvalue weighted by Crippen LogP contribution is -2.18. The van der Waals surface area contributed by atoms with Crippen molar-refractivity contribution in [2.45, 2.75) is 20.8 Å². The Hall–Kier alpha value is -3.01. The zero-order valence-electron chi connectivity index (χ0n) is 14.2. The Kier molecular flexibility index (Phi) is 4.61. The lowest BCUT2D eigenvalue weighted by Gasteiger charge is -2.07. The zero-order valence-corrected chi connectivity index (χ0v) is 15.0. The molecule has 0 aliphatic rings. The summed E-state index contributed by atoms with van der Waals surface area (Å²) >= 11 is 1.38. The van der Waals surface area contributed by atoms with Crippen LogP contribution in [0.25, 0.3) is 0 Å². The first-order valence-electron chi connectivity index (χ1n) is 7.44. The Labute approximate surface area is 148 Å². The van der Waals surface area contributed by atoms with E-state index >= 15 is 0 Å². The van der Waals surface area contributed by atoms with E-state index in [1.807, 2.05) is 27.0 Å². The van der Waals surface area contributed by atoms with E-state index in [2.05, 4.69) is 30.7 Å². The third-order valence-electron chi connectivity index (χ3n) is 3.14. The average Bonchev–Trinajstić information content (AvgIpc) is 3.01. The van der Waals surface area contributed by atoms with Crippen molar-refractivity contribution in [1.29, 1.82) is 0 Å². The van der Waals surface area contributed by atoms with Gasteiger partial charge in [-0.1, -0.05) is 11.3 Å². The van der Waals surface area contributed by atoms with E-state index in [-0.39, 0.29) is 5.88 Å². The number of hydrogen-bond donors (Lipinski definition) is 2. The van der Waals surface area contributed by atoms with Gasteiger partial charge in [-0.05, 0) is 26.8 Å². The van der Waals surface area contributed by atoms with E-state index in [9.17, 15) is 4.79 Å². The molecule has 0 spiro atoms. The monoisotopic (exact) mass is 359 g/mol. The van der Waals surface area contributed by atoms with Crippen LogP contribution in [0.4, 0.5) is 21.4 Å². The second kappa shape index (κ2) is 6.85. The van der Waals surface area contributed by atoms with E-state index in [0.29, 0.717) is 16.6 Å². The van der Waals surface area contributed by atoms with Gasteiger partial charge in [0.15, 0.2) is 5.00 Å². The average molecular weight is 359 g/mol. The quantitative estimate of drug-likeness (QED) is 0.737. The topological polar surface area (TPSA) is 107 Å². The molecule has 0 aromatic carbocycles. The highest BCUT2D eigenvalue weighted by atomic mass is 32.1. The number of thiazole rings is 1. The van der Waals surface area contributed by atoms with Crippen LogP contribution in [0.2, 0.25) is 0 Å². The maximum atomic E-state index is 12.1. The Morgan fingerprint density at radius 1 is 1.28 bits per heavy atom. The highest BCUT2D eigenvalue weighted by molar-refractivity contribution is 7.16. The van der Waals surface area contributed by atoms with Crippen LogP contribution in [0.5, 0.6) is 5.88 Å². The molecule has 0 atom stereocenters. The number of aromatic nitrogens is 5. The van der Waals surface area contributed by atoms with Crippen LogP contribution in [0.3, 0.4) is 0 Å². The first-order chi connectivity index (χ1) is 11.9. The molecule has 3 aromatic heterocycles. The number of rotatable bonds is 4. The molecule has 0 saturated heterocycles. The van der Waals surface area contributed by atoms with Crippen molar-refractivity contribution in [2.24, 2.45) is 7.05 Å². The second-order valence-corrected chi connectivity index (χ2v) is 6.49. The van der Waals surface area contributed by atoms with Crippen molar-refractivity contribution >= 4 is 34.1 Å². The molecule has 0 fully saturated rings. The minimum absolute atomic E-state index is 0.199. The predicted molar refractivity (Wildman–Crippen MR) is 94.5 cm³/mol. The molecule has 3 rings (SSSR count). The smallest absolute Gasteiger partial charge is 0.388 e. The molecule has 3 heterocycles. The predicted octanol–water partition coefficient (Wildman–Crippen LogP) is 2.95. The molecule has 130 valence electrons. The van der Waals surface area contributed by atoms with E-state index in [0.717, 1.165) is 16.5 Å². The summed E-state index contributed by atoms with van der Waals surface area (Å²) in [5.74, 6) is 1.89. The van der Waals surface area contributed by atoms with Crippen molar-refractivity contribution in [3.8, 4) is 5.88 Å². The van der Waals surface area contributed by atoms with Crippen molar-refractivity contribution in [1.82, 2.24) is 24.7 Å². The Morgan fingerprint density at radius 2 is 2.08 bits per heavy atom.